The Kier molecular flexibility index (Phi) is 38.8. The van der Waals surface area contributed by atoms with Crippen LogP contribution in [-0.4, -0.2) is 75.5 Å². The molecule has 0 amide bonds. The molecule has 8 heteroatoms. The van der Waals surface area contributed by atoms with Gasteiger partial charge in [-0.2, -0.15) is 0 Å². The van der Waals surface area contributed by atoms with Gasteiger partial charge in [-0.05, 0) is 64.2 Å². The van der Waals surface area contributed by atoms with E-state index in [1.807, 2.05) is 30.4 Å². The maximum absolute atomic E-state index is 12.8. The molecule has 336 valence electrons. The Morgan fingerprint density at radius 1 is 0.525 bits per heavy atom. The number of esters is 2. The molecule has 0 saturated carbocycles. The van der Waals surface area contributed by atoms with Crippen molar-refractivity contribution in [3.05, 3.63) is 85.1 Å². The number of hydrogen-bond acceptors (Lipinski definition) is 7. The van der Waals surface area contributed by atoms with Gasteiger partial charge in [-0.1, -0.05) is 170 Å². The number of unbranched alkanes of at least 4 members (excludes halogenated alkanes) is 15. The van der Waals surface area contributed by atoms with E-state index in [1.165, 1.54) is 51.4 Å². The lowest BCUT2D eigenvalue weighted by Gasteiger charge is -2.34. The Morgan fingerprint density at radius 2 is 0.983 bits per heavy atom. The summed E-state index contributed by atoms with van der Waals surface area (Å²) in [4.78, 5) is 36.9. The maximum atomic E-state index is 12.8. The van der Waals surface area contributed by atoms with Crippen molar-refractivity contribution in [2.24, 2.45) is 0 Å². The molecule has 0 bridgehead atoms. The summed E-state index contributed by atoms with van der Waals surface area (Å²) < 4.78 is 17.2. The van der Waals surface area contributed by atoms with Crippen LogP contribution in [0.4, 0.5) is 0 Å². The molecule has 0 radical (unpaired) electrons. The number of quaternary nitrogens is 1. The van der Waals surface area contributed by atoms with Gasteiger partial charge in [0.25, 0.3) is 0 Å². The minimum Gasteiger partial charge on any atom is -0.544 e. The van der Waals surface area contributed by atoms with E-state index in [0.29, 0.717) is 12.8 Å². The maximum Gasteiger partial charge on any atom is 0.306 e. The van der Waals surface area contributed by atoms with E-state index in [4.69, 9.17) is 14.2 Å². The number of carboxylic acids is 1. The fraction of sp³-hybridized carbons (Fsp3) is 0.667. The Labute approximate surface area is 361 Å². The summed E-state index contributed by atoms with van der Waals surface area (Å²) in [7, 11) is 5.39. The second kappa shape index (κ2) is 41.3. The molecule has 0 fully saturated rings. The first-order valence-electron chi connectivity index (χ1n) is 23.2. The van der Waals surface area contributed by atoms with Crippen molar-refractivity contribution >= 4 is 17.9 Å². The van der Waals surface area contributed by atoms with E-state index in [-0.39, 0.29) is 42.7 Å². The number of allylic oxidation sites excluding steroid dienone is 14. The Hall–Kier alpha value is -3.49. The average molecular weight is 824 g/mol. The van der Waals surface area contributed by atoms with Crippen molar-refractivity contribution in [1.82, 2.24) is 0 Å². The highest BCUT2D eigenvalue weighted by molar-refractivity contribution is 5.70. The van der Waals surface area contributed by atoms with Crippen LogP contribution in [0.5, 0.6) is 0 Å². The van der Waals surface area contributed by atoms with Crippen LogP contribution in [0.15, 0.2) is 85.1 Å². The molecule has 8 nitrogen and oxygen atoms in total. The number of likely N-dealkylation sites (N-methyl/N-ethyl adjacent to an activating group) is 1. The molecule has 0 aromatic heterocycles. The summed E-state index contributed by atoms with van der Waals surface area (Å²) >= 11 is 0. The van der Waals surface area contributed by atoms with Crippen molar-refractivity contribution in [3.63, 3.8) is 0 Å². The van der Waals surface area contributed by atoms with Crippen molar-refractivity contribution in [2.75, 3.05) is 41.0 Å². The summed E-state index contributed by atoms with van der Waals surface area (Å²) in [6, 6.07) is -0.735. The molecule has 0 aromatic rings. The number of ether oxygens (including phenoxy) is 3. The number of nitrogens with zero attached hydrogens (tertiary/aromatic N) is 1. The lowest BCUT2D eigenvalue weighted by molar-refractivity contribution is -0.889. The van der Waals surface area contributed by atoms with Crippen LogP contribution in [0.1, 0.15) is 168 Å². The first kappa shape index (κ1) is 55.5. The molecular weight excluding hydrogens is 739 g/mol. The third-order valence-electron chi connectivity index (χ3n) is 9.87. The summed E-state index contributed by atoms with van der Waals surface area (Å²) in [6.07, 6.45) is 53.2. The van der Waals surface area contributed by atoms with Crippen LogP contribution in [0.2, 0.25) is 0 Å². The normalized spacial score (nSPS) is 13.7. The minimum absolute atomic E-state index is 0.0267. The van der Waals surface area contributed by atoms with Crippen LogP contribution < -0.4 is 5.11 Å². The number of hydrogen-bond donors (Lipinski definition) is 0. The second-order valence-corrected chi connectivity index (χ2v) is 16.3. The van der Waals surface area contributed by atoms with Crippen LogP contribution in [0.3, 0.4) is 0 Å². The molecule has 0 saturated heterocycles. The standard InChI is InChI=1S/C51H85NO7/c1-6-8-10-12-14-16-18-20-22-23-24-25-26-28-30-32-34-36-38-40-42-50(54)59-47(45-57-44-43-48(51(55)56)52(3,4)5)46-58-49(53)41-39-37-35-33-31-29-27-21-19-17-15-13-11-9-7-2/h8-11,13-17,19-22,27,47-48H,6-7,12,18,23-26,28-46H2,1-5H3/b10-8+,11-9+,15-13+,16-14+,19-17+,22-20+,27-21+. The van der Waals surface area contributed by atoms with Gasteiger partial charge in [0.05, 0.1) is 40.3 Å². The molecule has 0 aliphatic heterocycles. The zero-order chi connectivity index (χ0) is 43.5. The lowest BCUT2D eigenvalue weighted by atomic mass is 10.0. The summed E-state index contributed by atoms with van der Waals surface area (Å²) in [5, 5.41) is 11.6. The highest BCUT2D eigenvalue weighted by Crippen LogP contribution is 2.14. The largest absolute Gasteiger partial charge is 0.544 e. The smallest absolute Gasteiger partial charge is 0.306 e. The van der Waals surface area contributed by atoms with Gasteiger partial charge >= 0.3 is 11.9 Å². The molecule has 59 heavy (non-hydrogen) atoms. The summed E-state index contributed by atoms with van der Waals surface area (Å²) in [5.41, 5.74) is 0. The van der Waals surface area contributed by atoms with Gasteiger partial charge in [-0.3, -0.25) is 9.59 Å². The van der Waals surface area contributed by atoms with E-state index in [9.17, 15) is 19.5 Å². The average Bonchev–Trinajstić information content (AvgIpc) is 3.19. The zero-order valence-corrected chi connectivity index (χ0v) is 38.1. The highest BCUT2D eigenvalue weighted by Gasteiger charge is 2.25. The molecular formula is C51H85NO7. The van der Waals surface area contributed by atoms with E-state index >= 15 is 0 Å². The fourth-order valence-corrected chi connectivity index (χ4v) is 6.33. The van der Waals surface area contributed by atoms with Crippen molar-refractivity contribution in [1.29, 1.82) is 0 Å². The molecule has 0 N–H and O–H groups in total. The van der Waals surface area contributed by atoms with E-state index < -0.39 is 18.1 Å². The molecule has 2 atom stereocenters. The van der Waals surface area contributed by atoms with Crippen molar-refractivity contribution in [2.45, 2.75) is 180 Å². The zero-order valence-electron chi connectivity index (χ0n) is 38.1. The van der Waals surface area contributed by atoms with Crippen LogP contribution in [0, 0.1) is 0 Å². The predicted octanol–water partition coefficient (Wildman–Crippen LogP) is 11.6. The van der Waals surface area contributed by atoms with E-state index in [1.54, 1.807) is 21.1 Å². The Bertz CT molecular complexity index is 1240. The third kappa shape index (κ3) is 39.7. The number of carboxylic acid groups (broad SMARTS) is 1. The van der Waals surface area contributed by atoms with Crippen LogP contribution in [0.25, 0.3) is 0 Å². The molecule has 0 spiro atoms. The van der Waals surface area contributed by atoms with Crippen molar-refractivity contribution < 1.29 is 38.2 Å². The molecule has 0 heterocycles. The predicted molar refractivity (Wildman–Crippen MR) is 245 cm³/mol. The van der Waals surface area contributed by atoms with E-state index in [2.05, 4.69) is 68.5 Å². The van der Waals surface area contributed by atoms with Gasteiger partial charge < -0.3 is 28.6 Å². The quantitative estimate of drug-likeness (QED) is 0.0199. The summed E-state index contributed by atoms with van der Waals surface area (Å²) in [5.74, 6) is -1.78. The summed E-state index contributed by atoms with van der Waals surface area (Å²) in [6.45, 7) is 4.37. The van der Waals surface area contributed by atoms with Crippen LogP contribution >= 0.6 is 0 Å². The van der Waals surface area contributed by atoms with Gasteiger partial charge in [0.1, 0.15) is 12.6 Å². The molecule has 0 rings (SSSR count). The van der Waals surface area contributed by atoms with Gasteiger partial charge in [0.2, 0.25) is 0 Å². The Morgan fingerprint density at radius 3 is 1.53 bits per heavy atom. The molecule has 0 aromatic carbocycles. The second-order valence-electron chi connectivity index (χ2n) is 16.3. The number of carbonyl (C=O) groups is 3. The molecule has 2 unspecified atom stereocenters. The monoisotopic (exact) mass is 824 g/mol. The number of aliphatic carboxylic acids is 1. The van der Waals surface area contributed by atoms with E-state index in [0.717, 1.165) is 83.5 Å². The lowest BCUT2D eigenvalue weighted by Crippen LogP contribution is -2.55. The van der Waals surface area contributed by atoms with Gasteiger partial charge in [0, 0.05) is 19.3 Å². The topological polar surface area (TPSA) is 102 Å². The molecule has 0 aliphatic rings. The number of rotatable bonds is 40. The van der Waals surface area contributed by atoms with Gasteiger partial charge in [0.15, 0.2) is 6.10 Å². The van der Waals surface area contributed by atoms with Gasteiger partial charge in [-0.25, -0.2) is 0 Å². The first-order chi connectivity index (χ1) is 28.6. The highest BCUT2D eigenvalue weighted by atomic mass is 16.6. The number of carbonyl (C=O) groups excluding carboxylic acids is 3. The first-order valence-corrected chi connectivity index (χ1v) is 23.2. The SMILES string of the molecule is CC/C=C/C=C/C=C/C=C/CCCCCCCC(=O)OCC(COCCC(C(=O)[O-])[N+](C)(C)C)OC(=O)CCCCCCCCCCCC/C=C/C/C=C/C/C=C/CC. The van der Waals surface area contributed by atoms with Crippen molar-refractivity contribution in [3.8, 4) is 0 Å². The third-order valence-corrected chi connectivity index (χ3v) is 9.87. The van der Waals surface area contributed by atoms with Gasteiger partial charge in [-0.15, -0.1) is 0 Å². The Balaban J connectivity index is 4.34. The van der Waals surface area contributed by atoms with Crippen LogP contribution in [-0.2, 0) is 28.6 Å². The molecule has 0 aliphatic carbocycles. The fourth-order valence-electron chi connectivity index (χ4n) is 6.33. The minimum atomic E-state index is -1.13.